The molecule has 140 valence electrons. The lowest BCUT2D eigenvalue weighted by molar-refractivity contribution is 0.0640. The number of aromatic nitrogens is 2. The molecule has 1 aromatic carbocycles. The molecule has 0 saturated heterocycles. The summed E-state index contributed by atoms with van der Waals surface area (Å²) in [5, 5.41) is 0. The molecule has 0 saturated carbocycles. The van der Waals surface area contributed by atoms with Crippen LogP contribution >= 0.6 is 0 Å². The van der Waals surface area contributed by atoms with Crippen LogP contribution in [0.5, 0.6) is 0 Å². The van der Waals surface area contributed by atoms with Crippen molar-refractivity contribution in [2.75, 3.05) is 20.1 Å². The Hall–Kier alpha value is -3.38. The third-order valence-electron chi connectivity index (χ3n) is 4.83. The number of hydrogen-bond donors (Lipinski definition) is 0. The lowest BCUT2D eigenvalue weighted by atomic mass is 10.1. The second-order valence-electron chi connectivity index (χ2n) is 6.87. The van der Waals surface area contributed by atoms with Crippen molar-refractivity contribution in [3.05, 3.63) is 83.9 Å². The van der Waals surface area contributed by atoms with Crippen LogP contribution in [0.15, 0.2) is 67.3 Å². The molecule has 3 heterocycles. The van der Waals surface area contributed by atoms with E-state index in [-0.39, 0.29) is 11.8 Å². The summed E-state index contributed by atoms with van der Waals surface area (Å²) in [5.74, 6) is -0.427. The van der Waals surface area contributed by atoms with Gasteiger partial charge in [0.25, 0.3) is 11.8 Å². The lowest BCUT2D eigenvalue weighted by Gasteiger charge is -2.20. The molecule has 3 aromatic rings. The zero-order valence-electron chi connectivity index (χ0n) is 15.6. The molecule has 28 heavy (non-hydrogen) atoms. The minimum atomic E-state index is -0.214. The first-order valence-corrected chi connectivity index (χ1v) is 9.11. The molecule has 2 amide bonds. The van der Waals surface area contributed by atoms with Gasteiger partial charge in [0.1, 0.15) is 0 Å². The molecular formula is C22H20N4O2. The normalized spacial score (nSPS) is 13.3. The van der Waals surface area contributed by atoms with Crippen molar-refractivity contribution in [1.82, 2.24) is 19.8 Å². The van der Waals surface area contributed by atoms with E-state index >= 15 is 0 Å². The van der Waals surface area contributed by atoms with E-state index in [1.54, 1.807) is 30.5 Å². The number of likely N-dealkylation sites (N-methyl/N-ethyl adjacent to an activating group) is 1. The number of rotatable bonds is 6. The Bertz CT molecular complexity index is 985. The van der Waals surface area contributed by atoms with Crippen molar-refractivity contribution in [3.63, 3.8) is 0 Å². The molecular weight excluding hydrogens is 352 g/mol. The number of benzene rings is 1. The first kappa shape index (κ1) is 18.0. The fourth-order valence-electron chi connectivity index (χ4n) is 3.37. The highest BCUT2D eigenvalue weighted by atomic mass is 16.2. The number of fused-ring (bicyclic) bond motifs is 1. The largest absolute Gasteiger partial charge is 0.300 e. The molecule has 6 nitrogen and oxygen atoms in total. The average Bonchev–Trinajstić information content (AvgIpc) is 2.98. The Morgan fingerprint density at radius 1 is 0.893 bits per heavy atom. The maximum absolute atomic E-state index is 12.5. The van der Waals surface area contributed by atoms with E-state index in [1.807, 2.05) is 37.8 Å². The van der Waals surface area contributed by atoms with Gasteiger partial charge in [0.2, 0.25) is 0 Å². The number of hydrogen-bond acceptors (Lipinski definition) is 5. The van der Waals surface area contributed by atoms with Crippen molar-refractivity contribution in [3.8, 4) is 11.1 Å². The summed E-state index contributed by atoms with van der Waals surface area (Å²) in [6.45, 7) is 1.62. The summed E-state index contributed by atoms with van der Waals surface area (Å²) in [7, 11) is 1.97. The number of carbonyl (C=O) groups is 2. The predicted octanol–water partition coefficient (Wildman–Crippen LogP) is 2.87. The number of imide groups is 1. The van der Waals surface area contributed by atoms with E-state index in [9.17, 15) is 9.59 Å². The minimum Gasteiger partial charge on any atom is -0.300 e. The molecule has 1 aliphatic heterocycles. The molecule has 0 aliphatic carbocycles. The van der Waals surface area contributed by atoms with Crippen LogP contribution in [0, 0.1) is 0 Å². The third-order valence-corrected chi connectivity index (χ3v) is 4.83. The van der Waals surface area contributed by atoms with E-state index in [2.05, 4.69) is 20.9 Å². The summed E-state index contributed by atoms with van der Waals surface area (Å²) in [6, 6.07) is 13.0. The maximum atomic E-state index is 12.5. The molecule has 0 bridgehead atoms. The Balaban J connectivity index is 1.39. The number of amides is 2. The van der Waals surface area contributed by atoms with Gasteiger partial charge < -0.3 is 4.90 Å². The summed E-state index contributed by atoms with van der Waals surface area (Å²) in [4.78, 5) is 36.8. The van der Waals surface area contributed by atoms with E-state index in [1.165, 1.54) is 4.90 Å². The van der Waals surface area contributed by atoms with E-state index in [0.717, 1.165) is 16.7 Å². The van der Waals surface area contributed by atoms with E-state index in [4.69, 9.17) is 0 Å². The van der Waals surface area contributed by atoms with Crippen LogP contribution in [0.3, 0.4) is 0 Å². The van der Waals surface area contributed by atoms with Gasteiger partial charge in [-0.05, 0) is 36.9 Å². The second-order valence-corrected chi connectivity index (χ2v) is 6.87. The average molecular weight is 372 g/mol. The fraction of sp³-hybridized carbons (Fsp3) is 0.182. The van der Waals surface area contributed by atoms with Crippen LogP contribution < -0.4 is 0 Å². The smallest absolute Gasteiger partial charge is 0.261 e. The SMILES string of the molecule is CN(CCN1C(=O)c2ccccc2C1=O)Cc1cncc(-c2cccnc2)c1. The molecule has 0 fully saturated rings. The topological polar surface area (TPSA) is 66.4 Å². The number of pyridine rings is 2. The van der Waals surface area contributed by atoms with Crippen LogP contribution in [0.25, 0.3) is 11.1 Å². The van der Waals surface area contributed by atoms with E-state index in [0.29, 0.717) is 30.8 Å². The third kappa shape index (κ3) is 3.54. The van der Waals surface area contributed by atoms with Gasteiger partial charge >= 0.3 is 0 Å². The van der Waals surface area contributed by atoms with Gasteiger partial charge in [-0.2, -0.15) is 0 Å². The molecule has 0 spiro atoms. The zero-order valence-corrected chi connectivity index (χ0v) is 15.6. The van der Waals surface area contributed by atoms with Gasteiger partial charge in [0.15, 0.2) is 0 Å². The molecule has 0 unspecified atom stereocenters. The number of carbonyl (C=O) groups excluding carboxylic acids is 2. The fourth-order valence-corrected chi connectivity index (χ4v) is 3.37. The zero-order chi connectivity index (χ0) is 19.5. The summed E-state index contributed by atoms with van der Waals surface area (Å²) in [6.07, 6.45) is 7.21. The van der Waals surface area contributed by atoms with Crippen LogP contribution in [-0.4, -0.2) is 51.7 Å². The van der Waals surface area contributed by atoms with Gasteiger partial charge in [0, 0.05) is 55.5 Å². The monoisotopic (exact) mass is 372 g/mol. The Kier molecular flexibility index (Phi) is 4.95. The summed E-state index contributed by atoms with van der Waals surface area (Å²) in [5.41, 5.74) is 4.07. The van der Waals surface area contributed by atoms with Crippen molar-refractivity contribution >= 4 is 11.8 Å². The van der Waals surface area contributed by atoms with Crippen molar-refractivity contribution < 1.29 is 9.59 Å². The minimum absolute atomic E-state index is 0.214. The first-order valence-electron chi connectivity index (χ1n) is 9.11. The van der Waals surface area contributed by atoms with Gasteiger partial charge in [-0.25, -0.2) is 0 Å². The maximum Gasteiger partial charge on any atom is 0.261 e. The van der Waals surface area contributed by atoms with Crippen molar-refractivity contribution in [2.24, 2.45) is 0 Å². The quantitative estimate of drug-likeness (QED) is 0.623. The summed E-state index contributed by atoms with van der Waals surface area (Å²) >= 11 is 0. The Morgan fingerprint density at radius 3 is 2.29 bits per heavy atom. The standard InChI is InChI=1S/C22H20N4O2/c1-25(9-10-26-21(27)19-6-2-3-7-20(19)22(26)28)15-16-11-18(14-24-12-16)17-5-4-8-23-13-17/h2-8,11-14H,9-10,15H2,1H3. The van der Waals surface area contributed by atoms with Gasteiger partial charge in [-0.1, -0.05) is 18.2 Å². The molecule has 1 aliphatic rings. The lowest BCUT2D eigenvalue weighted by Crippen LogP contribution is -2.36. The first-order chi connectivity index (χ1) is 13.6. The van der Waals surface area contributed by atoms with Crippen LogP contribution in [-0.2, 0) is 6.54 Å². The van der Waals surface area contributed by atoms with Crippen LogP contribution in [0.4, 0.5) is 0 Å². The highest BCUT2D eigenvalue weighted by molar-refractivity contribution is 6.21. The van der Waals surface area contributed by atoms with Gasteiger partial charge in [-0.15, -0.1) is 0 Å². The van der Waals surface area contributed by atoms with Crippen molar-refractivity contribution in [1.29, 1.82) is 0 Å². The highest BCUT2D eigenvalue weighted by Gasteiger charge is 2.34. The molecule has 0 atom stereocenters. The van der Waals surface area contributed by atoms with E-state index < -0.39 is 0 Å². The highest BCUT2D eigenvalue weighted by Crippen LogP contribution is 2.22. The van der Waals surface area contributed by atoms with Gasteiger partial charge in [-0.3, -0.25) is 24.5 Å². The van der Waals surface area contributed by atoms with Crippen LogP contribution in [0.2, 0.25) is 0 Å². The molecule has 0 radical (unpaired) electrons. The van der Waals surface area contributed by atoms with Gasteiger partial charge in [0.05, 0.1) is 11.1 Å². The van der Waals surface area contributed by atoms with Crippen LogP contribution in [0.1, 0.15) is 26.3 Å². The second kappa shape index (κ2) is 7.70. The summed E-state index contributed by atoms with van der Waals surface area (Å²) < 4.78 is 0. The molecule has 0 N–H and O–H groups in total. The molecule has 6 heteroatoms. The molecule has 2 aromatic heterocycles. The molecule has 4 rings (SSSR count). The Labute approximate surface area is 163 Å². The number of nitrogens with zero attached hydrogens (tertiary/aromatic N) is 4. The Morgan fingerprint density at radius 2 is 1.61 bits per heavy atom. The predicted molar refractivity (Wildman–Crippen MR) is 106 cm³/mol. The van der Waals surface area contributed by atoms with Crippen molar-refractivity contribution in [2.45, 2.75) is 6.54 Å².